The van der Waals surface area contributed by atoms with Crippen LogP contribution in [0.5, 0.6) is 5.88 Å². The van der Waals surface area contributed by atoms with E-state index in [0.717, 1.165) is 45.3 Å². The molecule has 1 saturated carbocycles. The molecule has 3 atom stereocenters. The number of hydrogen-bond acceptors (Lipinski definition) is 5. The van der Waals surface area contributed by atoms with Crippen LogP contribution in [0.2, 0.25) is 0 Å². The van der Waals surface area contributed by atoms with Gasteiger partial charge in [0.1, 0.15) is 6.10 Å². The third kappa shape index (κ3) is 3.97. The second kappa shape index (κ2) is 8.15. The van der Waals surface area contributed by atoms with Gasteiger partial charge in [0.25, 0.3) is 0 Å². The highest BCUT2D eigenvalue weighted by Crippen LogP contribution is 2.43. The van der Waals surface area contributed by atoms with E-state index in [0.29, 0.717) is 12.4 Å². The Morgan fingerprint density at radius 2 is 2.07 bits per heavy atom. The highest BCUT2D eigenvalue weighted by Gasteiger charge is 2.53. The van der Waals surface area contributed by atoms with Crippen LogP contribution < -0.4 is 4.74 Å². The minimum absolute atomic E-state index is 0.0801. The van der Waals surface area contributed by atoms with Crippen molar-refractivity contribution in [1.82, 2.24) is 14.8 Å². The van der Waals surface area contributed by atoms with Gasteiger partial charge in [-0.25, -0.2) is 4.98 Å². The lowest BCUT2D eigenvalue weighted by molar-refractivity contribution is -0.140. The van der Waals surface area contributed by atoms with Crippen LogP contribution in [0.1, 0.15) is 44.9 Å². The van der Waals surface area contributed by atoms with Crippen molar-refractivity contribution >= 4 is 5.91 Å². The number of methoxy groups -OCH3 is 1. The Hall–Kier alpha value is -1.66. The van der Waals surface area contributed by atoms with Crippen LogP contribution in [0.25, 0.3) is 0 Å². The largest absolute Gasteiger partial charge is 0.474 e. The van der Waals surface area contributed by atoms with Gasteiger partial charge in [-0.2, -0.15) is 0 Å². The Balaban J connectivity index is 1.43. The van der Waals surface area contributed by atoms with E-state index in [9.17, 15) is 4.79 Å². The number of carbonyl (C=O) groups is 1. The van der Waals surface area contributed by atoms with Crippen LogP contribution in [0.3, 0.4) is 0 Å². The average molecular weight is 373 g/mol. The van der Waals surface area contributed by atoms with Crippen molar-refractivity contribution < 1.29 is 14.3 Å². The molecule has 4 rings (SSSR count). The minimum atomic E-state index is -0.207. The van der Waals surface area contributed by atoms with Crippen molar-refractivity contribution in [2.24, 2.45) is 0 Å². The van der Waals surface area contributed by atoms with Gasteiger partial charge in [0.05, 0.1) is 18.2 Å². The van der Waals surface area contributed by atoms with Gasteiger partial charge in [0.2, 0.25) is 11.8 Å². The Morgan fingerprint density at radius 3 is 2.81 bits per heavy atom. The maximum Gasteiger partial charge on any atom is 0.237 e. The van der Waals surface area contributed by atoms with Crippen LogP contribution in [-0.2, 0) is 9.53 Å². The Bertz CT molecular complexity index is 635. The van der Waals surface area contributed by atoms with Crippen LogP contribution in [-0.4, -0.2) is 71.7 Å². The predicted octanol–water partition coefficient (Wildman–Crippen LogP) is 2.48. The Labute approximate surface area is 161 Å². The number of carbonyl (C=O) groups excluding carboxylic acids is 1. The maximum absolute atomic E-state index is 13.1. The van der Waals surface area contributed by atoms with E-state index < -0.39 is 0 Å². The molecule has 3 heterocycles. The van der Waals surface area contributed by atoms with Gasteiger partial charge in [-0.3, -0.25) is 9.69 Å². The molecule has 0 radical (unpaired) electrons. The van der Waals surface area contributed by atoms with E-state index in [1.807, 2.05) is 18.2 Å². The number of pyridine rings is 1. The van der Waals surface area contributed by atoms with E-state index in [2.05, 4.69) is 14.8 Å². The molecule has 2 aliphatic heterocycles. The summed E-state index contributed by atoms with van der Waals surface area (Å²) in [6, 6.07) is 5.82. The number of hydrogen-bond donors (Lipinski definition) is 0. The average Bonchev–Trinajstić information content (AvgIpc) is 3.09. The standard InChI is InChI=1S/C21H31N3O3/c1-26-21-9-8-17(27-19-7-3-4-11-22-19)15-18(21)24(14-10-21)20(25)16-23-12-5-2-6-13-23/h3-4,7,11,17-18H,2,5-6,8-10,12-16H2,1H3/t17-,18-,21+/m0/s1. The monoisotopic (exact) mass is 373 g/mol. The number of amides is 1. The molecule has 2 saturated heterocycles. The molecule has 0 aromatic carbocycles. The predicted molar refractivity (Wildman–Crippen MR) is 103 cm³/mol. The molecule has 0 unspecified atom stereocenters. The summed E-state index contributed by atoms with van der Waals surface area (Å²) in [5, 5.41) is 0. The quantitative estimate of drug-likeness (QED) is 0.794. The third-order valence-corrected chi connectivity index (χ3v) is 6.59. The van der Waals surface area contributed by atoms with Crippen molar-refractivity contribution in [3.05, 3.63) is 24.4 Å². The fraction of sp³-hybridized carbons (Fsp3) is 0.714. The third-order valence-electron chi connectivity index (χ3n) is 6.59. The molecular formula is C21H31N3O3. The van der Waals surface area contributed by atoms with Gasteiger partial charge in [-0.15, -0.1) is 0 Å². The van der Waals surface area contributed by atoms with E-state index in [1.165, 1.54) is 19.3 Å². The second-order valence-corrected chi connectivity index (χ2v) is 8.14. The molecule has 3 fully saturated rings. The molecule has 1 amide bonds. The molecule has 3 aliphatic rings. The molecular weight excluding hydrogens is 342 g/mol. The number of rotatable bonds is 5. The van der Waals surface area contributed by atoms with Crippen LogP contribution in [0.4, 0.5) is 0 Å². The molecule has 0 bridgehead atoms. The molecule has 27 heavy (non-hydrogen) atoms. The highest BCUT2D eigenvalue weighted by molar-refractivity contribution is 5.79. The van der Waals surface area contributed by atoms with E-state index in [4.69, 9.17) is 9.47 Å². The second-order valence-electron chi connectivity index (χ2n) is 8.14. The van der Waals surface area contributed by atoms with Gasteiger partial charge in [-0.05, 0) is 51.3 Å². The number of aromatic nitrogens is 1. The fourth-order valence-corrected chi connectivity index (χ4v) is 5.05. The Morgan fingerprint density at radius 1 is 1.22 bits per heavy atom. The van der Waals surface area contributed by atoms with Crippen molar-refractivity contribution in [2.75, 3.05) is 33.3 Å². The van der Waals surface area contributed by atoms with Gasteiger partial charge in [0.15, 0.2) is 0 Å². The molecule has 6 nitrogen and oxygen atoms in total. The number of ether oxygens (including phenoxy) is 2. The van der Waals surface area contributed by atoms with Crippen molar-refractivity contribution in [1.29, 1.82) is 0 Å². The number of likely N-dealkylation sites (tertiary alicyclic amines) is 2. The van der Waals surface area contributed by atoms with Crippen molar-refractivity contribution in [3.8, 4) is 5.88 Å². The van der Waals surface area contributed by atoms with E-state index >= 15 is 0 Å². The van der Waals surface area contributed by atoms with Gasteiger partial charge >= 0.3 is 0 Å². The lowest BCUT2D eigenvalue weighted by Crippen LogP contribution is -2.55. The van der Waals surface area contributed by atoms with E-state index in [-0.39, 0.29) is 23.7 Å². The van der Waals surface area contributed by atoms with E-state index in [1.54, 1.807) is 13.3 Å². The summed E-state index contributed by atoms with van der Waals surface area (Å²) >= 11 is 0. The zero-order valence-corrected chi connectivity index (χ0v) is 16.3. The lowest BCUT2D eigenvalue weighted by Gasteiger charge is -2.43. The summed E-state index contributed by atoms with van der Waals surface area (Å²) in [5.41, 5.74) is -0.207. The first kappa shape index (κ1) is 18.7. The molecule has 1 aliphatic carbocycles. The minimum Gasteiger partial charge on any atom is -0.474 e. The topological polar surface area (TPSA) is 54.9 Å². The summed E-state index contributed by atoms with van der Waals surface area (Å²) in [6.07, 6.45) is 9.15. The molecule has 1 aromatic rings. The molecule has 6 heteroatoms. The number of nitrogens with zero attached hydrogens (tertiary/aromatic N) is 3. The van der Waals surface area contributed by atoms with Crippen LogP contribution in [0, 0.1) is 0 Å². The summed E-state index contributed by atoms with van der Waals surface area (Å²) in [4.78, 5) is 21.7. The molecule has 0 spiro atoms. The number of fused-ring (bicyclic) bond motifs is 1. The van der Waals surface area contributed by atoms with Crippen molar-refractivity contribution in [3.63, 3.8) is 0 Å². The summed E-state index contributed by atoms with van der Waals surface area (Å²) in [6.45, 7) is 3.43. The summed E-state index contributed by atoms with van der Waals surface area (Å²) in [5.74, 6) is 0.913. The Kier molecular flexibility index (Phi) is 5.64. The first-order chi connectivity index (χ1) is 13.2. The first-order valence-electron chi connectivity index (χ1n) is 10.3. The van der Waals surface area contributed by atoms with Gasteiger partial charge in [-0.1, -0.05) is 12.5 Å². The molecule has 148 valence electrons. The van der Waals surface area contributed by atoms with Gasteiger partial charge in [0, 0.05) is 32.3 Å². The van der Waals surface area contributed by atoms with Crippen LogP contribution in [0.15, 0.2) is 24.4 Å². The lowest BCUT2D eigenvalue weighted by atomic mass is 9.79. The van der Waals surface area contributed by atoms with Crippen molar-refractivity contribution in [2.45, 2.75) is 62.7 Å². The highest BCUT2D eigenvalue weighted by atomic mass is 16.5. The molecule has 0 N–H and O–H groups in total. The maximum atomic E-state index is 13.1. The molecule has 1 aromatic heterocycles. The zero-order chi connectivity index (χ0) is 18.7. The van der Waals surface area contributed by atoms with Gasteiger partial charge < -0.3 is 14.4 Å². The fourth-order valence-electron chi connectivity index (χ4n) is 5.05. The first-order valence-corrected chi connectivity index (χ1v) is 10.3. The summed E-state index contributed by atoms with van der Waals surface area (Å²) in [7, 11) is 1.80. The van der Waals surface area contributed by atoms with Crippen LogP contribution >= 0.6 is 0 Å². The smallest absolute Gasteiger partial charge is 0.237 e. The SMILES string of the molecule is CO[C@@]12CC[C@H](Oc3ccccn3)C[C@@H]1N(C(=O)CN1CCCCC1)CC2. The number of piperidine rings is 1. The zero-order valence-electron chi connectivity index (χ0n) is 16.3. The summed E-state index contributed by atoms with van der Waals surface area (Å²) < 4.78 is 12.1. The normalized spacial score (nSPS) is 31.5.